The zero-order chi connectivity index (χ0) is 36.6. The van der Waals surface area contributed by atoms with Gasteiger partial charge < -0.3 is 24.4 Å². The second-order valence-corrected chi connectivity index (χ2v) is 14.8. The zero-order valence-corrected chi connectivity index (χ0v) is 33.8. The van der Waals surface area contributed by atoms with Gasteiger partial charge in [0.05, 0.1) is 26.2 Å². The standard InChI is InChI=1S/C43H86N2O5/c1-4-7-10-13-16-17-18-21-29-40-49-42(47)31-24-22-27-35-45(38-39-46)36-28-23-30-41-50-43(48)32-37-44(33-25-19-14-11-8-5-2)34-26-20-15-12-9-6-3/h46H,4-41H2,1-3H3. The lowest BCUT2D eigenvalue weighted by molar-refractivity contribution is -0.145. The van der Waals surface area contributed by atoms with Gasteiger partial charge in [-0.3, -0.25) is 9.59 Å². The maximum absolute atomic E-state index is 12.5. The number of nitrogens with zero attached hydrogens (tertiary/aromatic N) is 2. The van der Waals surface area contributed by atoms with Gasteiger partial charge in [0, 0.05) is 19.5 Å². The van der Waals surface area contributed by atoms with Crippen molar-refractivity contribution in [1.82, 2.24) is 9.80 Å². The van der Waals surface area contributed by atoms with E-state index in [0.717, 1.165) is 84.1 Å². The average Bonchev–Trinajstić information content (AvgIpc) is 3.11. The topological polar surface area (TPSA) is 79.3 Å². The molecule has 0 aromatic rings. The van der Waals surface area contributed by atoms with Gasteiger partial charge in [0.2, 0.25) is 0 Å². The van der Waals surface area contributed by atoms with Crippen LogP contribution in [0.15, 0.2) is 0 Å². The van der Waals surface area contributed by atoms with Crippen molar-refractivity contribution in [2.24, 2.45) is 0 Å². The van der Waals surface area contributed by atoms with Crippen LogP contribution in [0.1, 0.15) is 207 Å². The van der Waals surface area contributed by atoms with Crippen molar-refractivity contribution in [2.45, 2.75) is 207 Å². The van der Waals surface area contributed by atoms with Crippen LogP contribution in [0, 0.1) is 0 Å². The molecule has 0 rings (SSSR count). The highest BCUT2D eigenvalue weighted by atomic mass is 16.5. The SMILES string of the molecule is CCCCCCCCCCCOC(=O)CCCCCN(CCO)CCCCCOC(=O)CCN(CCCCCCCC)CCCCCCCC. The molecule has 1 N–H and O–H groups in total. The first kappa shape index (κ1) is 48.8. The van der Waals surface area contributed by atoms with E-state index in [9.17, 15) is 14.7 Å². The zero-order valence-electron chi connectivity index (χ0n) is 33.8. The van der Waals surface area contributed by atoms with E-state index >= 15 is 0 Å². The average molecular weight is 711 g/mol. The molecule has 7 heteroatoms. The van der Waals surface area contributed by atoms with Gasteiger partial charge in [0.1, 0.15) is 0 Å². The van der Waals surface area contributed by atoms with Gasteiger partial charge in [-0.25, -0.2) is 0 Å². The molecule has 0 aromatic carbocycles. The molecular weight excluding hydrogens is 624 g/mol. The number of esters is 2. The first-order chi connectivity index (χ1) is 24.6. The molecule has 0 bridgehead atoms. The van der Waals surface area contributed by atoms with Crippen molar-refractivity contribution in [1.29, 1.82) is 0 Å². The molecule has 0 saturated carbocycles. The molecule has 0 aliphatic heterocycles. The van der Waals surface area contributed by atoms with Gasteiger partial charge in [-0.1, -0.05) is 143 Å². The number of aliphatic hydroxyl groups excluding tert-OH is 1. The molecule has 0 saturated heterocycles. The molecule has 298 valence electrons. The molecule has 0 atom stereocenters. The van der Waals surface area contributed by atoms with Crippen LogP contribution in [0.2, 0.25) is 0 Å². The van der Waals surface area contributed by atoms with Gasteiger partial charge in [-0.05, 0) is 77.5 Å². The third-order valence-corrected chi connectivity index (χ3v) is 9.95. The largest absolute Gasteiger partial charge is 0.466 e. The quantitative estimate of drug-likeness (QED) is 0.0500. The molecule has 50 heavy (non-hydrogen) atoms. The van der Waals surface area contributed by atoms with Crippen LogP contribution in [0.25, 0.3) is 0 Å². The fraction of sp³-hybridized carbons (Fsp3) is 0.953. The van der Waals surface area contributed by atoms with E-state index < -0.39 is 0 Å². The molecule has 0 fully saturated rings. The monoisotopic (exact) mass is 711 g/mol. The first-order valence-electron chi connectivity index (χ1n) is 21.9. The van der Waals surface area contributed by atoms with E-state index in [4.69, 9.17) is 9.47 Å². The number of carbonyl (C=O) groups is 2. The van der Waals surface area contributed by atoms with Gasteiger partial charge >= 0.3 is 11.9 Å². The summed E-state index contributed by atoms with van der Waals surface area (Å²) >= 11 is 0. The van der Waals surface area contributed by atoms with E-state index in [-0.39, 0.29) is 18.5 Å². The maximum Gasteiger partial charge on any atom is 0.307 e. The van der Waals surface area contributed by atoms with E-state index in [2.05, 4.69) is 30.6 Å². The van der Waals surface area contributed by atoms with Gasteiger partial charge in [-0.15, -0.1) is 0 Å². The van der Waals surface area contributed by atoms with Crippen LogP contribution >= 0.6 is 0 Å². The van der Waals surface area contributed by atoms with Gasteiger partial charge in [0.25, 0.3) is 0 Å². The van der Waals surface area contributed by atoms with Crippen LogP contribution in [-0.4, -0.2) is 85.9 Å². The fourth-order valence-electron chi connectivity index (χ4n) is 6.62. The highest BCUT2D eigenvalue weighted by Crippen LogP contribution is 2.12. The lowest BCUT2D eigenvalue weighted by atomic mass is 10.1. The van der Waals surface area contributed by atoms with Crippen molar-refractivity contribution in [3.8, 4) is 0 Å². The van der Waals surface area contributed by atoms with Crippen LogP contribution in [0.3, 0.4) is 0 Å². The van der Waals surface area contributed by atoms with Crippen molar-refractivity contribution >= 4 is 11.9 Å². The molecule has 0 aliphatic carbocycles. The normalized spacial score (nSPS) is 11.6. The predicted octanol–water partition coefficient (Wildman–Crippen LogP) is 11.0. The minimum absolute atomic E-state index is 0.0591. The minimum Gasteiger partial charge on any atom is -0.466 e. The third-order valence-electron chi connectivity index (χ3n) is 9.95. The summed E-state index contributed by atoms with van der Waals surface area (Å²) in [5.74, 6) is -0.119. The van der Waals surface area contributed by atoms with E-state index in [0.29, 0.717) is 32.6 Å². The van der Waals surface area contributed by atoms with Crippen LogP contribution < -0.4 is 0 Å². The number of rotatable bonds is 41. The summed E-state index contributed by atoms with van der Waals surface area (Å²) in [5, 5.41) is 9.52. The van der Waals surface area contributed by atoms with Crippen molar-refractivity contribution in [2.75, 3.05) is 59.1 Å². The smallest absolute Gasteiger partial charge is 0.307 e. The Morgan fingerprint density at radius 1 is 0.380 bits per heavy atom. The van der Waals surface area contributed by atoms with E-state index in [1.165, 1.54) is 122 Å². The van der Waals surface area contributed by atoms with Crippen molar-refractivity contribution in [3.63, 3.8) is 0 Å². The highest BCUT2D eigenvalue weighted by Gasteiger charge is 2.10. The fourth-order valence-corrected chi connectivity index (χ4v) is 6.62. The summed E-state index contributed by atoms with van der Waals surface area (Å²) in [6.07, 6.45) is 33.9. The highest BCUT2D eigenvalue weighted by molar-refractivity contribution is 5.69. The minimum atomic E-state index is -0.0600. The second kappa shape index (κ2) is 40.6. The summed E-state index contributed by atoms with van der Waals surface area (Å²) in [5.41, 5.74) is 0. The molecule has 0 spiro atoms. The summed E-state index contributed by atoms with van der Waals surface area (Å²) in [6.45, 7) is 13.6. The Morgan fingerprint density at radius 3 is 1.12 bits per heavy atom. The summed E-state index contributed by atoms with van der Waals surface area (Å²) < 4.78 is 11.0. The van der Waals surface area contributed by atoms with E-state index in [1.54, 1.807) is 0 Å². The van der Waals surface area contributed by atoms with Crippen LogP contribution in [0.5, 0.6) is 0 Å². The molecule has 0 aromatic heterocycles. The molecule has 0 unspecified atom stereocenters. The number of unbranched alkanes of at least 4 members (excludes halogenated alkanes) is 22. The van der Waals surface area contributed by atoms with Gasteiger partial charge in [0.15, 0.2) is 0 Å². The summed E-state index contributed by atoms with van der Waals surface area (Å²) in [7, 11) is 0. The molecule has 0 heterocycles. The maximum atomic E-state index is 12.5. The number of carbonyl (C=O) groups excluding carboxylic acids is 2. The summed E-state index contributed by atoms with van der Waals surface area (Å²) in [4.78, 5) is 29.4. The number of ether oxygens (including phenoxy) is 2. The third kappa shape index (κ3) is 36.6. The number of hydrogen-bond acceptors (Lipinski definition) is 7. The second-order valence-electron chi connectivity index (χ2n) is 14.8. The first-order valence-corrected chi connectivity index (χ1v) is 21.9. The Balaban J connectivity index is 3.96. The Bertz CT molecular complexity index is 691. The Hall–Kier alpha value is -1.18. The molecule has 0 aliphatic rings. The lowest BCUT2D eigenvalue weighted by Gasteiger charge is -2.22. The van der Waals surface area contributed by atoms with E-state index in [1.807, 2.05) is 0 Å². The van der Waals surface area contributed by atoms with Crippen LogP contribution in [-0.2, 0) is 19.1 Å². The van der Waals surface area contributed by atoms with Crippen LogP contribution in [0.4, 0.5) is 0 Å². The molecule has 0 radical (unpaired) electrons. The van der Waals surface area contributed by atoms with Crippen molar-refractivity contribution < 1.29 is 24.2 Å². The molecule has 0 amide bonds. The number of hydrogen-bond donors (Lipinski definition) is 1. The Morgan fingerprint density at radius 2 is 0.700 bits per heavy atom. The Kier molecular flexibility index (Phi) is 39.6. The lowest BCUT2D eigenvalue weighted by Crippen LogP contribution is -2.29. The summed E-state index contributed by atoms with van der Waals surface area (Å²) in [6, 6.07) is 0. The predicted molar refractivity (Wildman–Crippen MR) is 213 cm³/mol. The molecular formula is C43H86N2O5. The van der Waals surface area contributed by atoms with Crippen molar-refractivity contribution in [3.05, 3.63) is 0 Å². The number of aliphatic hydroxyl groups is 1. The molecule has 7 nitrogen and oxygen atoms in total. The Labute approximate surface area is 311 Å². The van der Waals surface area contributed by atoms with Gasteiger partial charge in [-0.2, -0.15) is 0 Å².